The second kappa shape index (κ2) is 10.8. The van der Waals surface area contributed by atoms with Crippen molar-refractivity contribution in [1.29, 1.82) is 0 Å². The molecule has 0 saturated heterocycles. The lowest BCUT2D eigenvalue weighted by molar-refractivity contribution is 0.660. The van der Waals surface area contributed by atoms with Gasteiger partial charge in [-0.3, -0.25) is 0 Å². The highest BCUT2D eigenvalue weighted by Crippen LogP contribution is 2.49. The molecule has 0 amide bonds. The van der Waals surface area contributed by atoms with Crippen molar-refractivity contribution in [2.24, 2.45) is 0 Å². The van der Waals surface area contributed by atoms with Gasteiger partial charge in [-0.05, 0) is 68.8 Å². The first-order valence-electron chi connectivity index (χ1n) is 15.4. The molecular formula is C42H31N3. The molecule has 0 N–H and O–H groups in total. The average Bonchev–Trinajstić information content (AvgIpc) is 3.34. The highest BCUT2D eigenvalue weighted by molar-refractivity contribution is 5.86. The number of benzene rings is 6. The van der Waals surface area contributed by atoms with E-state index in [2.05, 4.69) is 105 Å². The Kier molecular flexibility index (Phi) is 6.46. The minimum Gasteiger partial charge on any atom is -0.208 e. The van der Waals surface area contributed by atoms with Gasteiger partial charge in [-0.2, -0.15) is 0 Å². The monoisotopic (exact) mass is 577 g/mol. The first kappa shape index (κ1) is 26.9. The molecule has 7 aromatic rings. The molecule has 3 heteroatoms. The molecule has 1 aliphatic rings. The molecule has 1 heterocycles. The van der Waals surface area contributed by atoms with Crippen LogP contribution in [-0.4, -0.2) is 15.0 Å². The number of nitrogens with zero attached hydrogens (tertiary/aromatic N) is 3. The number of rotatable bonds is 5. The summed E-state index contributed by atoms with van der Waals surface area (Å²) in [4.78, 5) is 15.0. The van der Waals surface area contributed by atoms with E-state index in [9.17, 15) is 0 Å². The summed E-state index contributed by atoms with van der Waals surface area (Å²) >= 11 is 0. The van der Waals surface area contributed by atoms with Crippen molar-refractivity contribution in [1.82, 2.24) is 15.0 Å². The van der Waals surface area contributed by atoms with Gasteiger partial charge in [0, 0.05) is 22.1 Å². The molecule has 1 aliphatic carbocycles. The second-order valence-electron chi connectivity index (χ2n) is 12.1. The summed E-state index contributed by atoms with van der Waals surface area (Å²) in [5.41, 5.74) is 12.7. The molecule has 0 saturated carbocycles. The third-order valence-corrected chi connectivity index (χ3v) is 8.91. The summed E-state index contributed by atoms with van der Waals surface area (Å²) in [6, 6.07) is 53.2. The quantitative estimate of drug-likeness (QED) is 0.204. The maximum Gasteiger partial charge on any atom is 0.164 e. The average molecular weight is 578 g/mol. The van der Waals surface area contributed by atoms with Gasteiger partial charge in [0.25, 0.3) is 0 Å². The molecule has 6 aromatic carbocycles. The molecule has 45 heavy (non-hydrogen) atoms. The summed E-state index contributed by atoms with van der Waals surface area (Å²) in [6.45, 7) is 4.66. The van der Waals surface area contributed by atoms with Gasteiger partial charge in [0.2, 0.25) is 0 Å². The Hall–Kier alpha value is -5.67. The van der Waals surface area contributed by atoms with Crippen molar-refractivity contribution in [3.05, 3.63) is 163 Å². The van der Waals surface area contributed by atoms with Crippen molar-refractivity contribution < 1.29 is 0 Å². The Bertz CT molecular complexity index is 2110. The molecule has 8 rings (SSSR count). The first-order valence-corrected chi connectivity index (χ1v) is 15.4. The summed E-state index contributed by atoms with van der Waals surface area (Å²) in [5.74, 6) is 1.96. The topological polar surface area (TPSA) is 38.7 Å². The molecule has 214 valence electrons. The first-order chi connectivity index (χ1) is 22.0. The van der Waals surface area contributed by atoms with Crippen LogP contribution < -0.4 is 0 Å². The Labute approximate surface area is 264 Å². The number of hydrogen-bond donors (Lipinski definition) is 0. The zero-order valence-electron chi connectivity index (χ0n) is 25.3. The van der Waals surface area contributed by atoms with E-state index < -0.39 is 0 Å². The van der Waals surface area contributed by atoms with E-state index in [1.54, 1.807) is 0 Å². The maximum atomic E-state index is 5.05. The van der Waals surface area contributed by atoms with Crippen molar-refractivity contribution in [3.63, 3.8) is 0 Å². The lowest BCUT2D eigenvalue weighted by atomic mass is 9.81. The summed E-state index contributed by atoms with van der Waals surface area (Å²) in [5, 5.41) is 0. The van der Waals surface area contributed by atoms with Crippen LogP contribution in [0.2, 0.25) is 0 Å². The van der Waals surface area contributed by atoms with E-state index in [-0.39, 0.29) is 5.41 Å². The number of aromatic nitrogens is 3. The fourth-order valence-corrected chi connectivity index (χ4v) is 6.54. The van der Waals surface area contributed by atoms with Crippen LogP contribution in [0.1, 0.15) is 25.0 Å². The van der Waals surface area contributed by atoms with Crippen LogP contribution in [0, 0.1) is 0 Å². The van der Waals surface area contributed by atoms with Crippen molar-refractivity contribution in [3.8, 4) is 67.5 Å². The Morgan fingerprint density at radius 3 is 1.38 bits per heavy atom. The minimum absolute atomic E-state index is 0.0782. The summed E-state index contributed by atoms with van der Waals surface area (Å²) in [6.07, 6.45) is 0. The van der Waals surface area contributed by atoms with Crippen LogP contribution in [0.15, 0.2) is 152 Å². The smallest absolute Gasteiger partial charge is 0.164 e. The van der Waals surface area contributed by atoms with Gasteiger partial charge in [0.15, 0.2) is 17.5 Å². The fraction of sp³-hybridized carbons (Fsp3) is 0.0714. The van der Waals surface area contributed by atoms with Crippen LogP contribution in [0.4, 0.5) is 0 Å². The van der Waals surface area contributed by atoms with Gasteiger partial charge in [-0.25, -0.2) is 15.0 Å². The Morgan fingerprint density at radius 2 is 0.778 bits per heavy atom. The summed E-state index contributed by atoms with van der Waals surface area (Å²) in [7, 11) is 0. The predicted molar refractivity (Wildman–Crippen MR) is 185 cm³/mol. The van der Waals surface area contributed by atoms with Crippen LogP contribution in [0.25, 0.3) is 67.5 Å². The third-order valence-electron chi connectivity index (χ3n) is 8.91. The molecule has 0 unspecified atom stereocenters. The molecular weight excluding hydrogens is 546 g/mol. The van der Waals surface area contributed by atoms with Gasteiger partial charge in [-0.15, -0.1) is 0 Å². The van der Waals surface area contributed by atoms with Crippen molar-refractivity contribution in [2.45, 2.75) is 19.3 Å². The van der Waals surface area contributed by atoms with Gasteiger partial charge >= 0.3 is 0 Å². The van der Waals surface area contributed by atoms with Crippen LogP contribution in [0.5, 0.6) is 0 Å². The maximum absolute atomic E-state index is 5.05. The molecule has 0 radical (unpaired) electrons. The highest BCUT2D eigenvalue weighted by Gasteiger charge is 2.35. The van der Waals surface area contributed by atoms with Crippen LogP contribution in [0.3, 0.4) is 0 Å². The summed E-state index contributed by atoms with van der Waals surface area (Å²) < 4.78 is 0. The van der Waals surface area contributed by atoms with Crippen molar-refractivity contribution >= 4 is 0 Å². The zero-order valence-corrected chi connectivity index (χ0v) is 25.3. The predicted octanol–water partition coefficient (Wildman–Crippen LogP) is 10.5. The standard InChI is InChI=1S/C42H31N3/c1-42(2)37-21-13-12-20-35(37)36-23-22-31(27-38(36)42)33-24-32(28-14-6-3-7-15-28)25-34(26-33)41-44-39(29-16-8-4-9-17-29)43-40(45-41)30-18-10-5-11-19-30/h3-27H,1-2H3. The number of hydrogen-bond acceptors (Lipinski definition) is 3. The lowest BCUT2D eigenvalue weighted by Crippen LogP contribution is -2.14. The molecule has 0 atom stereocenters. The minimum atomic E-state index is -0.0782. The normalized spacial score (nSPS) is 12.8. The lowest BCUT2D eigenvalue weighted by Gasteiger charge is -2.22. The van der Waals surface area contributed by atoms with E-state index in [0.717, 1.165) is 33.4 Å². The van der Waals surface area contributed by atoms with E-state index >= 15 is 0 Å². The molecule has 3 nitrogen and oxygen atoms in total. The van der Waals surface area contributed by atoms with Crippen molar-refractivity contribution in [2.75, 3.05) is 0 Å². The zero-order chi connectivity index (χ0) is 30.4. The molecule has 0 aliphatic heterocycles. The molecule has 0 bridgehead atoms. The van der Waals surface area contributed by atoms with E-state index in [0.29, 0.717) is 17.5 Å². The molecule has 1 aromatic heterocycles. The Morgan fingerprint density at radius 1 is 0.333 bits per heavy atom. The van der Waals surface area contributed by atoms with Crippen LogP contribution >= 0.6 is 0 Å². The van der Waals surface area contributed by atoms with E-state index in [4.69, 9.17) is 15.0 Å². The van der Waals surface area contributed by atoms with Gasteiger partial charge in [0.05, 0.1) is 0 Å². The fourth-order valence-electron chi connectivity index (χ4n) is 6.54. The highest BCUT2D eigenvalue weighted by atomic mass is 15.0. The van der Waals surface area contributed by atoms with Gasteiger partial charge in [0.1, 0.15) is 0 Å². The van der Waals surface area contributed by atoms with Gasteiger partial charge < -0.3 is 0 Å². The largest absolute Gasteiger partial charge is 0.208 e. The number of fused-ring (bicyclic) bond motifs is 3. The van der Waals surface area contributed by atoms with Crippen LogP contribution in [-0.2, 0) is 5.41 Å². The SMILES string of the molecule is CC1(C)c2ccccc2-c2ccc(-c3cc(-c4ccccc4)cc(-c4nc(-c5ccccc5)nc(-c5ccccc5)n4)c3)cc21. The second-order valence-corrected chi connectivity index (χ2v) is 12.1. The Balaban J connectivity index is 1.33. The molecule has 0 spiro atoms. The third kappa shape index (κ3) is 4.83. The molecule has 0 fully saturated rings. The van der Waals surface area contributed by atoms with Gasteiger partial charge in [-0.1, -0.05) is 141 Å². The van der Waals surface area contributed by atoms with E-state index in [1.807, 2.05) is 60.7 Å². The van der Waals surface area contributed by atoms with E-state index in [1.165, 1.54) is 27.8 Å².